The average molecular weight is 254 g/mol. The molecule has 96 valence electrons. The van der Waals surface area contributed by atoms with Crippen molar-refractivity contribution in [2.45, 2.75) is 19.4 Å². The molecule has 1 aliphatic rings. The van der Waals surface area contributed by atoms with Gasteiger partial charge in [0.15, 0.2) is 0 Å². The summed E-state index contributed by atoms with van der Waals surface area (Å²) in [6, 6.07) is 11.5. The number of anilines is 1. The van der Waals surface area contributed by atoms with Gasteiger partial charge in [0.05, 0.1) is 5.69 Å². The smallest absolute Gasteiger partial charge is 0.224 e. The van der Waals surface area contributed by atoms with Crippen LogP contribution in [0.4, 0.5) is 5.69 Å². The molecule has 0 unspecified atom stereocenters. The van der Waals surface area contributed by atoms with Gasteiger partial charge in [-0.1, -0.05) is 12.1 Å². The third-order valence-corrected chi connectivity index (χ3v) is 3.09. The summed E-state index contributed by atoms with van der Waals surface area (Å²) in [4.78, 5) is 15.6. The zero-order valence-electron chi connectivity index (χ0n) is 10.4. The zero-order chi connectivity index (χ0) is 13.1. The summed E-state index contributed by atoms with van der Waals surface area (Å²) >= 11 is 0. The van der Waals surface area contributed by atoms with Crippen LogP contribution in [0, 0.1) is 0 Å². The van der Waals surface area contributed by atoms with Crippen LogP contribution in [0.15, 0.2) is 42.6 Å². The minimum atomic E-state index is 0.0642. The first-order chi connectivity index (χ1) is 9.31. The summed E-state index contributed by atoms with van der Waals surface area (Å²) in [7, 11) is 0. The third kappa shape index (κ3) is 2.73. The summed E-state index contributed by atoms with van der Waals surface area (Å²) in [6.07, 6.45) is 3.09. The van der Waals surface area contributed by atoms with Crippen LogP contribution in [-0.2, 0) is 17.8 Å². The SMILES string of the molecule is O=C1CCc2ccc(OCc3ccccn3)cc2N1. The molecule has 2 aromatic rings. The van der Waals surface area contributed by atoms with Crippen LogP contribution >= 0.6 is 0 Å². The van der Waals surface area contributed by atoms with Crippen LogP contribution in [-0.4, -0.2) is 10.9 Å². The second-order valence-corrected chi connectivity index (χ2v) is 4.48. The lowest BCUT2D eigenvalue weighted by Crippen LogP contribution is -2.18. The molecule has 1 aromatic carbocycles. The zero-order valence-corrected chi connectivity index (χ0v) is 10.4. The predicted molar refractivity (Wildman–Crippen MR) is 72.0 cm³/mol. The predicted octanol–water partition coefficient (Wildman–Crippen LogP) is 2.55. The van der Waals surface area contributed by atoms with Crippen molar-refractivity contribution in [3.8, 4) is 5.75 Å². The Kier molecular flexibility index (Phi) is 3.14. The Bertz CT molecular complexity index is 596. The van der Waals surface area contributed by atoms with E-state index in [-0.39, 0.29) is 5.91 Å². The number of pyridine rings is 1. The lowest BCUT2D eigenvalue weighted by Gasteiger charge is -2.17. The molecule has 0 saturated heterocycles. The van der Waals surface area contributed by atoms with Crippen LogP contribution in [0.3, 0.4) is 0 Å². The van der Waals surface area contributed by atoms with E-state index < -0.39 is 0 Å². The Labute approximate surface area is 111 Å². The summed E-state index contributed by atoms with van der Waals surface area (Å²) in [5.74, 6) is 0.806. The fraction of sp³-hybridized carbons (Fsp3) is 0.200. The number of ether oxygens (including phenoxy) is 1. The molecule has 1 aliphatic heterocycles. The van der Waals surface area contributed by atoms with E-state index in [9.17, 15) is 4.79 Å². The second kappa shape index (κ2) is 5.10. The first-order valence-corrected chi connectivity index (χ1v) is 6.27. The van der Waals surface area contributed by atoms with Crippen molar-refractivity contribution in [1.29, 1.82) is 0 Å². The molecule has 0 bridgehead atoms. The molecular weight excluding hydrogens is 240 g/mol. The van der Waals surface area contributed by atoms with E-state index in [4.69, 9.17) is 4.74 Å². The summed E-state index contributed by atoms with van der Waals surface area (Å²) in [6.45, 7) is 0.424. The number of hydrogen-bond donors (Lipinski definition) is 1. The van der Waals surface area contributed by atoms with Gasteiger partial charge < -0.3 is 10.1 Å². The lowest BCUT2D eigenvalue weighted by molar-refractivity contribution is -0.116. The van der Waals surface area contributed by atoms with Crippen LogP contribution in [0.2, 0.25) is 0 Å². The first kappa shape index (κ1) is 11.7. The lowest BCUT2D eigenvalue weighted by atomic mass is 10.0. The fourth-order valence-electron chi connectivity index (χ4n) is 2.08. The maximum atomic E-state index is 11.4. The van der Waals surface area contributed by atoms with Crippen molar-refractivity contribution in [1.82, 2.24) is 4.98 Å². The van der Waals surface area contributed by atoms with Crippen LogP contribution in [0.5, 0.6) is 5.75 Å². The Hall–Kier alpha value is -2.36. The normalized spacial score (nSPS) is 13.6. The molecule has 19 heavy (non-hydrogen) atoms. The number of benzene rings is 1. The van der Waals surface area contributed by atoms with E-state index in [0.29, 0.717) is 13.0 Å². The van der Waals surface area contributed by atoms with Crippen LogP contribution < -0.4 is 10.1 Å². The van der Waals surface area contributed by atoms with Gasteiger partial charge in [0.2, 0.25) is 5.91 Å². The van der Waals surface area contributed by atoms with E-state index in [2.05, 4.69) is 10.3 Å². The van der Waals surface area contributed by atoms with Gasteiger partial charge in [0.1, 0.15) is 12.4 Å². The molecule has 0 saturated carbocycles. The molecule has 0 atom stereocenters. The van der Waals surface area contributed by atoms with Gasteiger partial charge in [0.25, 0.3) is 0 Å². The Balaban J connectivity index is 1.72. The van der Waals surface area contributed by atoms with Crippen molar-refractivity contribution in [2.24, 2.45) is 0 Å². The minimum Gasteiger partial charge on any atom is -0.487 e. The van der Waals surface area contributed by atoms with E-state index in [1.165, 1.54) is 0 Å². The number of fused-ring (bicyclic) bond motifs is 1. The van der Waals surface area contributed by atoms with Gasteiger partial charge in [-0.2, -0.15) is 0 Å². The van der Waals surface area contributed by atoms with Gasteiger partial charge in [0, 0.05) is 24.4 Å². The molecule has 1 aromatic heterocycles. The second-order valence-electron chi connectivity index (χ2n) is 4.48. The van der Waals surface area contributed by atoms with Crippen molar-refractivity contribution in [3.05, 3.63) is 53.9 Å². The molecule has 0 fully saturated rings. The number of aromatic nitrogens is 1. The van der Waals surface area contributed by atoms with Crippen molar-refractivity contribution in [3.63, 3.8) is 0 Å². The molecular formula is C15H14N2O2. The molecule has 0 radical (unpaired) electrons. The van der Waals surface area contributed by atoms with Crippen LogP contribution in [0.25, 0.3) is 0 Å². The maximum Gasteiger partial charge on any atom is 0.224 e. The molecule has 0 spiro atoms. The van der Waals surface area contributed by atoms with E-state index in [1.54, 1.807) is 6.20 Å². The van der Waals surface area contributed by atoms with Crippen molar-refractivity contribution >= 4 is 11.6 Å². The molecule has 0 aliphatic carbocycles. The van der Waals surface area contributed by atoms with Gasteiger partial charge in [-0.3, -0.25) is 9.78 Å². The van der Waals surface area contributed by atoms with Crippen molar-refractivity contribution in [2.75, 3.05) is 5.32 Å². The quantitative estimate of drug-likeness (QED) is 0.915. The largest absolute Gasteiger partial charge is 0.487 e. The van der Waals surface area contributed by atoms with Gasteiger partial charge >= 0.3 is 0 Å². The Morgan fingerprint density at radius 1 is 1.21 bits per heavy atom. The highest BCUT2D eigenvalue weighted by molar-refractivity contribution is 5.94. The van der Waals surface area contributed by atoms with E-state index in [0.717, 1.165) is 29.1 Å². The van der Waals surface area contributed by atoms with Gasteiger partial charge in [-0.15, -0.1) is 0 Å². The molecule has 3 rings (SSSR count). The highest BCUT2D eigenvalue weighted by Gasteiger charge is 2.14. The van der Waals surface area contributed by atoms with Crippen molar-refractivity contribution < 1.29 is 9.53 Å². The van der Waals surface area contributed by atoms with Gasteiger partial charge in [-0.05, 0) is 30.2 Å². The maximum absolute atomic E-state index is 11.4. The third-order valence-electron chi connectivity index (χ3n) is 3.09. The standard InChI is InChI=1S/C15H14N2O2/c18-15-7-5-11-4-6-13(9-14(11)17-15)19-10-12-3-1-2-8-16-12/h1-4,6,8-9H,5,7,10H2,(H,17,18). The number of carbonyl (C=O) groups is 1. The average Bonchev–Trinajstić information content (AvgIpc) is 2.46. The molecule has 1 N–H and O–H groups in total. The topological polar surface area (TPSA) is 51.2 Å². The molecule has 4 heteroatoms. The minimum absolute atomic E-state index is 0.0642. The van der Waals surface area contributed by atoms with Crippen LogP contribution in [0.1, 0.15) is 17.7 Å². The number of nitrogens with zero attached hydrogens (tertiary/aromatic N) is 1. The molecule has 2 heterocycles. The molecule has 1 amide bonds. The first-order valence-electron chi connectivity index (χ1n) is 6.27. The van der Waals surface area contributed by atoms with Gasteiger partial charge in [-0.25, -0.2) is 0 Å². The fourth-order valence-corrected chi connectivity index (χ4v) is 2.08. The molecule has 4 nitrogen and oxygen atoms in total. The van der Waals surface area contributed by atoms with E-state index in [1.807, 2.05) is 36.4 Å². The number of aryl methyl sites for hydroxylation is 1. The number of nitrogens with one attached hydrogen (secondary N) is 1. The summed E-state index contributed by atoms with van der Waals surface area (Å²) < 4.78 is 5.68. The highest BCUT2D eigenvalue weighted by Crippen LogP contribution is 2.27. The summed E-state index contributed by atoms with van der Waals surface area (Å²) in [5, 5.41) is 2.86. The number of carbonyl (C=O) groups excluding carboxylic acids is 1. The number of rotatable bonds is 3. The number of amides is 1. The highest BCUT2D eigenvalue weighted by atomic mass is 16.5. The Morgan fingerprint density at radius 2 is 2.16 bits per heavy atom. The monoisotopic (exact) mass is 254 g/mol. The summed E-state index contributed by atoms with van der Waals surface area (Å²) in [5.41, 5.74) is 2.89. The number of hydrogen-bond acceptors (Lipinski definition) is 3. The Morgan fingerprint density at radius 3 is 3.00 bits per heavy atom. The van der Waals surface area contributed by atoms with E-state index >= 15 is 0 Å².